The first-order chi connectivity index (χ1) is 17.5. The normalized spacial score (nSPS) is 14.3. The van der Waals surface area contributed by atoms with Gasteiger partial charge in [0.1, 0.15) is 5.69 Å². The Hall–Kier alpha value is -5.05. The number of benzene rings is 3. The third kappa shape index (κ3) is 4.14. The number of ether oxygens (including phenoxy) is 1. The Labute approximate surface area is 206 Å². The lowest BCUT2D eigenvalue weighted by Crippen LogP contribution is -2.21. The van der Waals surface area contributed by atoms with Crippen LogP contribution in [0.25, 0.3) is 23.0 Å². The standard InChI is InChI=1S/C27H21N5O4/c1-18-23(27(33)31(28-18)22-11-7-4-8-12-22)15-20-17-30(21-9-5-3-6-10-21)29-26(20)19-13-14-25(36-2)24(16-19)32(34)35/h3-17H,1-2H3. The van der Waals surface area contributed by atoms with E-state index in [1.165, 1.54) is 24.3 Å². The van der Waals surface area contributed by atoms with E-state index in [4.69, 9.17) is 9.84 Å². The fourth-order valence-corrected chi connectivity index (χ4v) is 3.99. The first kappa shape index (κ1) is 22.7. The lowest BCUT2D eigenvalue weighted by molar-refractivity contribution is -0.385. The fraction of sp³-hybridized carbons (Fsp3) is 0.0741. The third-order valence-corrected chi connectivity index (χ3v) is 5.78. The van der Waals surface area contributed by atoms with Gasteiger partial charge < -0.3 is 4.74 Å². The molecule has 0 saturated carbocycles. The van der Waals surface area contributed by atoms with Crippen molar-refractivity contribution >= 4 is 29.1 Å². The van der Waals surface area contributed by atoms with Crippen LogP contribution in [0.4, 0.5) is 11.4 Å². The van der Waals surface area contributed by atoms with E-state index in [0.29, 0.717) is 33.8 Å². The second-order valence-electron chi connectivity index (χ2n) is 8.05. The fourth-order valence-electron chi connectivity index (χ4n) is 3.99. The van der Waals surface area contributed by atoms with Crippen molar-refractivity contribution in [3.63, 3.8) is 0 Å². The molecule has 0 radical (unpaired) electrons. The maximum Gasteiger partial charge on any atom is 0.311 e. The highest BCUT2D eigenvalue weighted by atomic mass is 16.6. The number of amides is 1. The largest absolute Gasteiger partial charge is 0.490 e. The molecular weight excluding hydrogens is 458 g/mol. The van der Waals surface area contributed by atoms with Gasteiger partial charge in [0, 0.05) is 23.4 Å². The number of carbonyl (C=O) groups is 1. The quantitative estimate of drug-likeness (QED) is 0.213. The Morgan fingerprint density at radius 3 is 2.28 bits per heavy atom. The summed E-state index contributed by atoms with van der Waals surface area (Å²) in [4.78, 5) is 24.4. The predicted molar refractivity (Wildman–Crippen MR) is 137 cm³/mol. The van der Waals surface area contributed by atoms with Crippen molar-refractivity contribution in [2.75, 3.05) is 12.1 Å². The van der Waals surface area contributed by atoms with E-state index >= 15 is 0 Å². The van der Waals surface area contributed by atoms with Crippen molar-refractivity contribution in [3.05, 3.63) is 106 Å². The molecule has 2 heterocycles. The molecule has 1 aromatic heterocycles. The number of hydrazone groups is 1. The lowest BCUT2D eigenvalue weighted by atomic mass is 10.0. The number of hydrogen-bond donors (Lipinski definition) is 0. The van der Waals surface area contributed by atoms with Crippen molar-refractivity contribution in [1.29, 1.82) is 0 Å². The van der Waals surface area contributed by atoms with Gasteiger partial charge in [-0.15, -0.1) is 0 Å². The van der Waals surface area contributed by atoms with Crippen LogP contribution in [-0.4, -0.2) is 33.4 Å². The molecule has 178 valence electrons. The molecule has 3 aromatic carbocycles. The van der Waals surface area contributed by atoms with Crippen LogP contribution >= 0.6 is 0 Å². The van der Waals surface area contributed by atoms with Gasteiger partial charge in [-0.2, -0.15) is 15.2 Å². The number of anilines is 1. The molecule has 4 aromatic rings. The Bertz CT molecular complexity index is 1520. The zero-order valence-electron chi connectivity index (χ0n) is 19.5. The average Bonchev–Trinajstić information content (AvgIpc) is 3.46. The highest BCUT2D eigenvalue weighted by Gasteiger charge is 2.29. The molecule has 0 saturated heterocycles. The number of nitro groups is 1. The molecule has 0 bridgehead atoms. The molecule has 0 unspecified atom stereocenters. The zero-order chi connectivity index (χ0) is 25.2. The van der Waals surface area contributed by atoms with Gasteiger partial charge in [0.05, 0.1) is 34.7 Å². The van der Waals surface area contributed by atoms with Crippen molar-refractivity contribution in [2.45, 2.75) is 6.92 Å². The zero-order valence-corrected chi connectivity index (χ0v) is 19.5. The molecule has 9 nitrogen and oxygen atoms in total. The van der Waals surface area contributed by atoms with E-state index in [0.717, 1.165) is 5.69 Å². The second-order valence-corrected chi connectivity index (χ2v) is 8.05. The molecule has 36 heavy (non-hydrogen) atoms. The molecule has 9 heteroatoms. The minimum Gasteiger partial charge on any atom is -0.490 e. The van der Waals surface area contributed by atoms with E-state index < -0.39 is 4.92 Å². The summed E-state index contributed by atoms with van der Waals surface area (Å²) in [6.45, 7) is 1.77. The Morgan fingerprint density at radius 1 is 0.972 bits per heavy atom. The minimum absolute atomic E-state index is 0.151. The number of nitrogens with zero attached hydrogens (tertiary/aromatic N) is 5. The molecule has 0 fully saturated rings. The van der Waals surface area contributed by atoms with Crippen LogP contribution in [0, 0.1) is 10.1 Å². The van der Waals surface area contributed by atoms with Gasteiger partial charge in [0.2, 0.25) is 0 Å². The molecule has 0 spiro atoms. The number of hydrogen-bond acceptors (Lipinski definition) is 6. The highest BCUT2D eigenvalue weighted by Crippen LogP contribution is 2.35. The van der Waals surface area contributed by atoms with E-state index in [1.54, 1.807) is 29.9 Å². The van der Waals surface area contributed by atoms with Crippen LogP contribution in [0.1, 0.15) is 12.5 Å². The molecule has 1 amide bonds. The maximum absolute atomic E-state index is 13.3. The second kappa shape index (κ2) is 9.30. The minimum atomic E-state index is -0.496. The summed E-state index contributed by atoms with van der Waals surface area (Å²) in [6, 6.07) is 23.3. The van der Waals surface area contributed by atoms with Gasteiger partial charge in [-0.05, 0) is 49.4 Å². The van der Waals surface area contributed by atoms with Gasteiger partial charge in [0.15, 0.2) is 5.75 Å². The monoisotopic (exact) mass is 479 g/mol. The third-order valence-electron chi connectivity index (χ3n) is 5.78. The first-order valence-electron chi connectivity index (χ1n) is 11.1. The summed E-state index contributed by atoms with van der Waals surface area (Å²) in [7, 11) is 1.38. The topological polar surface area (TPSA) is 103 Å². The summed E-state index contributed by atoms with van der Waals surface area (Å²) >= 11 is 0. The predicted octanol–water partition coefficient (Wildman–Crippen LogP) is 5.26. The van der Waals surface area contributed by atoms with Crippen LogP contribution in [0.5, 0.6) is 5.75 Å². The van der Waals surface area contributed by atoms with Gasteiger partial charge in [0.25, 0.3) is 5.91 Å². The molecule has 1 aliphatic rings. The SMILES string of the molecule is COc1ccc(-c2nn(-c3ccccc3)cc2C=C2C(=O)N(c3ccccc3)N=C2C)cc1[N+](=O)[O-]. The number of rotatable bonds is 6. The number of carbonyl (C=O) groups excluding carboxylic acids is 1. The summed E-state index contributed by atoms with van der Waals surface area (Å²) in [5.74, 6) is -0.114. The Kier molecular flexibility index (Phi) is 5.87. The number of aromatic nitrogens is 2. The van der Waals surface area contributed by atoms with E-state index in [2.05, 4.69) is 5.10 Å². The van der Waals surface area contributed by atoms with Gasteiger partial charge in [-0.1, -0.05) is 36.4 Å². The van der Waals surface area contributed by atoms with Crippen LogP contribution < -0.4 is 9.75 Å². The summed E-state index contributed by atoms with van der Waals surface area (Å²) in [5, 5.41) is 22.2. The molecule has 5 rings (SSSR count). The lowest BCUT2D eigenvalue weighted by Gasteiger charge is -2.11. The van der Waals surface area contributed by atoms with Crippen LogP contribution in [-0.2, 0) is 4.79 Å². The summed E-state index contributed by atoms with van der Waals surface area (Å²) in [6.07, 6.45) is 3.52. The number of para-hydroxylation sites is 2. The molecular formula is C27H21N5O4. The van der Waals surface area contributed by atoms with Crippen molar-refractivity contribution in [2.24, 2.45) is 5.10 Å². The van der Waals surface area contributed by atoms with Crippen LogP contribution in [0.3, 0.4) is 0 Å². The Morgan fingerprint density at radius 2 is 1.64 bits per heavy atom. The van der Waals surface area contributed by atoms with Crippen LogP contribution in [0.15, 0.2) is 95.7 Å². The smallest absolute Gasteiger partial charge is 0.311 e. The van der Waals surface area contributed by atoms with Gasteiger partial charge in [-0.3, -0.25) is 14.9 Å². The van der Waals surface area contributed by atoms with Crippen molar-refractivity contribution < 1.29 is 14.5 Å². The van der Waals surface area contributed by atoms with Crippen LogP contribution in [0.2, 0.25) is 0 Å². The number of nitro benzene ring substituents is 1. The summed E-state index contributed by atoms with van der Waals surface area (Å²) in [5.41, 5.74) is 3.88. The molecule has 0 aliphatic carbocycles. The van der Waals surface area contributed by atoms with Crippen molar-refractivity contribution in [3.8, 4) is 22.7 Å². The van der Waals surface area contributed by atoms with Gasteiger partial charge in [-0.25, -0.2) is 4.68 Å². The van der Waals surface area contributed by atoms with E-state index in [-0.39, 0.29) is 17.3 Å². The average molecular weight is 479 g/mol. The van der Waals surface area contributed by atoms with E-state index in [1.807, 2.05) is 60.7 Å². The molecule has 0 atom stereocenters. The Balaban J connectivity index is 1.64. The molecule has 0 N–H and O–H groups in total. The van der Waals surface area contributed by atoms with E-state index in [9.17, 15) is 14.9 Å². The van der Waals surface area contributed by atoms with Crippen molar-refractivity contribution in [1.82, 2.24) is 9.78 Å². The maximum atomic E-state index is 13.3. The molecule has 1 aliphatic heterocycles. The van der Waals surface area contributed by atoms with Gasteiger partial charge >= 0.3 is 5.69 Å². The number of methoxy groups -OCH3 is 1. The highest BCUT2D eigenvalue weighted by molar-refractivity contribution is 6.32. The first-order valence-corrected chi connectivity index (χ1v) is 11.1. The summed E-state index contributed by atoms with van der Waals surface area (Å²) < 4.78 is 6.83.